The minimum absolute atomic E-state index is 0.299. The summed E-state index contributed by atoms with van der Waals surface area (Å²) in [6, 6.07) is 6.60. The molecule has 1 aromatic rings. The topological polar surface area (TPSA) is 24.5 Å². The molecule has 2 rings (SSSR count). The van der Waals surface area contributed by atoms with E-state index in [-0.39, 0.29) is 0 Å². The summed E-state index contributed by atoms with van der Waals surface area (Å²) in [5, 5.41) is 3.62. The number of hydrogen-bond acceptors (Lipinski definition) is 3. The molecule has 3 heteroatoms. The zero-order valence-corrected chi connectivity index (χ0v) is 12.4. The van der Waals surface area contributed by atoms with Crippen molar-refractivity contribution in [2.45, 2.75) is 32.8 Å². The number of anilines is 1. The van der Waals surface area contributed by atoms with Gasteiger partial charge >= 0.3 is 0 Å². The van der Waals surface area contributed by atoms with Crippen molar-refractivity contribution in [3.63, 3.8) is 0 Å². The van der Waals surface area contributed by atoms with Gasteiger partial charge in [-0.3, -0.25) is 0 Å². The van der Waals surface area contributed by atoms with E-state index in [1.165, 1.54) is 16.8 Å². The summed E-state index contributed by atoms with van der Waals surface area (Å²) >= 11 is 0. The second-order valence-corrected chi connectivity index (χ2v) is 5.29. The molecule has 1 aliphatic rings. The van der Waals surface area contributed by atoms with Crippen LogP contribution < -0.4 is 5.32 Å². The molecule has 1 unspecified atom stereocenters. The van der Waals surface area contributed by atoms with Crippen molar-refractivity contribution in [1.29, 1.82) is 0 Å². The molecule has 0 aromatic heterocycles. The maximum Gasteiger partial charge on any atom is 0.0874 e. The van der Waals surface area contributed by atoms with Gasteiger partial charge in [-0.15, -0.1) is 0 Å². The average Bonchev–Trinajstić information content (AvgIpc) is 2.44. The van der Waals surface area contributed by atoms with Crippen LogP contribution in [0.1, 0.15) is 25.0 Å². The Labute approximate surface area is 116 Å². The number of rotatable bonds is 5. The molecular weight excluding hydrogens is 236 g/mol. The molecule has 19 heavy (non-hydrogen) atoms. The molecule has 0 aliphatic carbocycles. The molecule has 1 fully saturated rings. The Kier molecular flexibility index (Phi) is 5.23. The molecule has 0 saturated carbocycles. The van der Waals surface area contributed by atoms with Crippen molar-refractivity contribution in [3.05, 3.63) is 29.3 Å². The molecule has 106 valence electrons. The highest BCUT2D eigenvalue weighted by Gasteiger charge is 2.18. The first kappa shape index (κ1) is 14.4. The number of likely N-dealkylation sites (N-methyl/N-ethyl adjacent to an activating group) is 1. The lowest BCUT2D eigenvalue weighted by molar-refractivity contribution is -0.0117. The van der Waals surface area contributed by atoms with Crippen LogP contribution in [0.4, 0.5) is 5.69 Å². The first-order valence-corrected chi connectivity index (χ1v) is 7.39. The first-order chi connectivity index (χ1) is 9.24. The zero-order chi connectivity index (χ0) is 13.7. The lowest BCUT2D eigenvalue weighted by Crippen LogP contribution is -2.43. The molecule has 0 spiro atoms. The number of aryl methyl sites for hydroxylation is 2. The first-order valence-electron chi connectivity index (χ1n) is 7.39. The Balaban J connectivity index is 2.01. The molecule has 0 radical (unpaired) electrons. The van der Waals surface area contributed by atoms with Gasteiger partial charge in [0.2, 0.25) is 0 Å². The second-order valence-electron chi connectivity index (χ2n) is 5.29. The van der Waals surface area contributed by atoms with Crippen molar-refractivity contribution in [2.75, 3.05) is 38.6 Å². The maximum atomic E-state index is 5.81. The number of nitrogens with zero attached hydrogens (tertiary/aromatic N) is 1. The average molecular weight is 262 g/mol. The molecule has 1 aromatic carbocycles. The van der Waals surface area contributed by atoms with Crippen LogP contribution >= 0.6 is 0 Å². The lowest BCUT2D eigenvalue weighted by Gasteiger charge is -2.30. The van der Waals surface area contributed by atoms with Crippen molar-refractivity contribution in [3.8, 4) is 0 Å². The van der Waals surface area contributed by atoms with Gasteiger partial charge in [0.25, 0.3) is 0 Å². The summed E-state index contributed by atoms with van der Waals surface area (Å²) in [6.45, 7) is 8.23. The standard InChI is InChI=1S/C16H26N2O/c1-4-13-7-6-8-14(5-2)16(13)17-11-15-12-18(3)9-10-19-15/h6-8,15,17H,4-5,9-12H2,1-3H3. The number of ether oxygens (including phenoxy) is 1. The lowest BCUT2D eigenvalue weighted by atomic mass is 10.0. The predicted molar refractivity (Wildman–Crippen MR) is 80.9 cm³/mol. The van der Waals surface area contributed by atoms with Crippen LogP contribution in [-0.2, 0) is 17.6 Å². The summed E-state index contributed by atoms with van der Waals surface area (Å²) in [4.78, 5) is 2.34. The SMILES string of the molecule is CCc1cccc(CC)c1NCC1CN(C)CCO1. The molecule has 3 nitrogen and oxygen atoms in total. The number of hydrogen-bond donors (Lipinski definition) is 1. The maximum absolute atomic E-state index is 5.81. The van der Waals surface area contributed by atoms with E-state index in [1.54, 1.807) is 0 Å². The van der Waals surface area contributed by atoms with E-state index in [2.05, 4.69) is 49.3 Å². The van der Waals surface area contributed by atoms with Crippen molar-refractivity contribution in [2.24, 2.45) is 0 Å². The van der Waals surface area contributed by atoms with Gasteiger partial charge in [0.05, 0.1) is 12.7 Å². The number of nitrogens with one attached hydrogen (secondary N) is 1. The van der Waals surface area contributed by atoms with Gasteiger partial charge in [-0.2, -0.15) is 0 Å². The fourth-order valence-electron chi connectivity index (χ4n) is 2.68. The monoisotopic (exact) mass is 262 g/mol. The Bertz CT molecular complexity index is 383. The Hall–Kier alpha value is -1.06. The molecule has 1 atom stereocenters. The number of benzene rings is 1. The molecule has 1 N–H and O–H groups in total. The van der Waals surface area contributed by atoms with Crippen LogP contribution in [-0.4, -0.2) is 44.3 Å². The van der Waals surface area contributed by atoms with E-state index in [4.69, 9.17) is 4.74 Å². The Morgan fingerprint density at radius 2 is 1.95 bits per heavy atom. The quantitative estimate of drug-likeness (QED) is 0.882. The highest BCUT2D eigenvalue weighted by molar-refractivity contribution is 5.58. The smallest absolute Gasteiger partial charge is 0.0874 e. The van der Waals surface area contributed by atoms with Crippen molar-refractivity contribution < 1.29 is 4.74 Å². The fourth-order valence-corrected chi connectivity index (χ4v) is 2.68. The summed E-state index contributed by atoms with van der Waals surface area (Å²) in [6.07, 6.45) is 2.44. The Morgan fingerprint density at radius 1 is 1.26 bits per heavy atom. The third kappa shape index (κ3) is 3.71. The third-order valence-electron chi connectivity index (χ3n) is 3.85. The predicted octanol–water partition coefficient (Wildman–Crippen LogP) is 2.55. The van der Waals surface area contributed by atoms with Gasteiger partial charge in [0.15, 0.2) is 0 Å². The largest absolute Gasteiger partial charge is 0.382 e. The van der Waals surface area contributed by atoms with Gasteiger partial charge < -0.3 is 15.0 Å². The van der Waals surface area contributed by atoms with Crippen LogP contribution in [0.3, 0.4) is 0 Å². The van der Waals surface area contributed by atoms with E-state index in [0.717, 1.165) is 39.1 Å². The summed E-state index contributed by atoms with van der Waals surface area (Å²) in [5.41, 5.74) is 4.14. The summed E-state index contributed by atoms with van der Waals surface area (Å²) < 4.78 is 5.81. The molecular formula is C16H26N2O. The molecule has 1 aliphatic heterocycles. The van der Waals surface area contributed by atoms with Crippen LogP contribution in [0.15, 0.2) is 18.2 Å². The number of para-hydroxylation sites is 1. The van der Waals surface area contributed by atoms with Crippen molar-refractivity contribution >= 4 is 5.69 Å². The van der Waals surface area contributed by atoms with Gasteiger partial charge in [0.1, 0.15) is 0 Å². The number of morpholine rings is 1. The highest BCUT2D eigenvalue weighted by atomic mass is 16.5. The zero-order valence-electron chi connectivity index (χ0n) is 12.4. The normalized spacial score (nSPS) is 20.5. The molecule has 1 saturated heterocycles. The minimum atomic E-state index is 0.299. The van der Waals surface area contributed by atoms with Gasteiger partial charge in [-0.1, -0.05) is 32.0 Å². The van der Waals surface area contributed by atoms with E-state index >= 15 is 0 Å². The Morgan fingerprint density at radius 3 is 2.53 bits per heavy atom. The summed E-state index contributed by atoms with van der Waals surface area (Å²) in [7, 11) is 2.16. The van der Waals surface area contributed by atoms with Gasteiger partial charge in [-0.25, -0.2) is 0 Å². The van der Waals surface area contributed by atoms with Crippen molar-refractivity contribution in [1.82, 2.24) is 4.90 Å². The summed E-state index contributed by atoms with van der Waals surface area (Å²) in [5.74, 6) is 0. The van der Waals surface area contributed by atoms with Crippen LogP contribution in [0, 0.1) is 0 Å². The minimum Gasteiger partial charge on any atom is -0.382 e. The van der Waals surface area contributed by atoms with Crippen LogP contribution in [0.5, 0.6) is 0 Å². The van der Waals surface area contributed by atoms with E-state index < -0.39 is 0 Å². The highest BCUT2D eigenvalue weighted by Crippen LogP contribution is 2.22. The van der Waals surface area contributed by atoms with E-state index in [9.17, 15) is 0 Å². The third-order valence-corrected chi connectivity index (χ3v) is 3.85. The van der Waals surface area contributed by atoms with Gasteiger partial charge in [-0.05, 0) is 31.0 Å². The van der Waals surface area contributed by atoms with E-state index in [0.29, 0.717) is 6.10 Å². The van der Waals surface area contributed by atoms with E-state index in [1.807, 2.05) is 0 Å². The molecule has 1 heterocycles. The molecule has 0 bridgehead atoms. The second kappa shape index (κ2) is 6.92. The van der Waals surface area contributed by atoms with Crippen LogP contribution in [0.2, 0.25) is 0 Å². The van der Waals surface area contributed by atoms with Crippen LogP contribution in [0.25, 0.3) is 0 Å². The molecule has 0 amide bonds. The fraction of sp³-hybridized carbons (Fsp3) is 0.625. The van der Waals surface area contributed by atoms with Gasteiger partial charge in [0, 0.05) is 25.3 Å².